The standard InChI is InChI=1S/C20H18ClFN4O/c1-13-10-18(19(27)26(2)12-14-6-4-3-5-7-14)25-20(23-13)24-15-8-9-17(22)16(21)11-15/h3-11H,12H2,1-2H3,(H,23,24,25). The average molecular weight is 385 g/mol. The van der Waals surface area contributed by atoms with E-state index in [-0.39, 0.29) is 22.6 Å². The molecule has 0 unspecified atom stereocenters. The Morgan fingerprint density at radius 1 is 1.15 bits per heavy atom. The Kier molecular flexibility index (Phi) is 5.66. The number of anilines is 2. The van der Waals surface area contributed by atoms with E-state index in [2.05, 4.69) is 15.3 Å². The maximum atomic E-state index is 13.3. The van der Waals surface area contributed by atoms with Gasteiger partial charge in [-0.05, 0) is 36.8 Å². The van der Waals surface area contributed by atoms with Gasteiger partial charge < -0.3 is 10.2 Å². The summed E-state index contributed by atoms with van der Waals surface area (Å²) in [7, 11) is 1.72. The van der Waals surface area contributed by atoms with Crippen LogP contribution in [-0.2, 0) is 6.54 Å². The van der Waals surface area contributed by atoms with Gasteiger partial charge in [0.15, 0.2) is 0 Å². The molecule has 1 amide bonds. The largest absolute Gasteiger partial charge is 0.336 e. The van der Waals surface area contributed by atoms with Gasteiger partial charge in [0, 0.05) is 25.0 Å². The molecule has 0 bridgehead atoms. The van der Waals surface area contributed by atoms with Crippen LogP contribution in [0.3, 0.4) is 0 Å². The number of aromatic nitrogens is 2. The van der Waals surface area contributed by atoms with Gasteiger partial charge in [-0.3, -0.25) is 4.79 Å². The van der Waals surface area contributed by atoms with Crippen LogP contribution >= 0.6 is 11.6 Å². The Bertz CT molecular complexity index is 965. The molecule has 27 heavy (non-hydrogen) atoms. The topological polar surface area (TPSA) is 58.1 Å². The molecule has 7 heteroatoms. The fourth-order valence-electron chi connectivity index (χ4n) is 2.56. The van der Waals surface area contributed by atoms with Crippen molar-refractivity contribution in [2.45, 2.75) is 13.5 Å². The highest BCUT2D eigenvalue weighted by Crippen LogP contribution is 2.22. The van der Waals surface area contributed by atoms with Gasteiger partial charge in [0.1, 0.15) is 11.5 Å². The average Bonchev–Trinajstić information content (AvgIpc) is 2.64. The molecule has 0 aliphatic carbocycles. The van der Waals surface area contributed by atoms with Crippen molar-refractivity contribution in [3.8, 4) is 0 Å². The summed E-state index contributed by atoms with van der Waals surface area (Å²) >= 11 is 5.80. The maximum absolute atomic E-state index is 13.3. The van der Waals surface area contributed by atoms with Crippen LogP contribution in [0.15, 0.2) is 54.6 Å². The first-order chi connectivity index (χ1) is 12.9. The number of hydrogen-bond acceptors (Lipinski definition) is 4. The Labute approximate surface area is 161 Å². The number of nitrogens with one attached hydrogen (secondary N) is 1. The predicted octanol–water partition coefficient (Wildman–Crippen LogP) is 4.59. The monoisotopic (exact) mass is 384 g/mol. The van der Waals surface area contributed by atoms with Crippen molar-refractivity contribution in [2.24, 2.45) is 0 Å². The lowest BCUT2D eigenvalue weighted by molar-refractivity contribution is 0.0779. The minimum Gasteiger partial charge on any atom is -0.336 e. The van der Waals surface area contributed by atoms with E-state index in [4.69, 9.17) is 11.6 Å². The summed E-state index contributed by atoms with van der Waals surface area (Å²) < 4.78 is 13.3. The highest BCUT2D eigenvalue weighted by molar-refractivity contribution is 6.31. The Morgan fingerprint density at radius 3 is 2.59 bits per heavy atom. The van der Waals surface area contributed by atoms with Crippen LogP contribution in [0.5, 0.6) is 0 Å². The number of halogens is 2. The van der Waals surface area contributed by atoms with E-state index in [0.717, 1.165) is 5.56 Å². The van der Waals surface area contributed by atoms with Gasteiger partial charge in [0.05, 0.1) is 5.02 Å². The molecule has 0 aliphatic heterocycles. The van der Waals surface area contributed by atoms with Gasteiger partial charge in [0.2, 0.25) is 5.95 Å². The molecule has 0 radical (unpaired) electrons. The van der Waals surface area contributed by atoms with Crippen molar-refractivity contribution in [3.63, 3.8) is 0 Å². The fourth-order valence-corrected chi connectivity index (χ4v) is 2.74. The lowest BCUT2D eigenvalue weighted by Crippen LogP contribution is -2.27. The van der Waals surface area contributed by atoms with Gasteiger partial charge in [-0.1, -0.05) is 41.9 Å². The summed E-state index contributed by atoms with van der Waals surface area (Å²) in [5.74, 6) is -0.482. The van der Waals surface area contributed by atoms with Gasteiger partial charge in [0.25, 0.3) is 5.91 Å². The first-order valence-corrected chi connectivity index (χ1v) is 8.67. The first-order valence-electron chi connectivity index (χ1n) is 8.29. The van der Waals surface area contributed by atoms with Crippen molar-refractivity contribution in [2.75, 3.05) is 12.4 Å². The third kappa shape index (κ3) is 4.80. The SMILES string of the molecule is Cc1cc(C(=O)N(C)Cc2ccccc2)nc(Nc2ccc(F)c(Cl)c2)n1. The van der Waals surface area contributed by atoms with E-state index in [9.17, 15) is 9.18 Å². The van der Waals surface area contributed by atoms with Crippen LogP contribution in [0.2, 0.25) is 5.02 Å². The summed E-state index contributed by atoms with van der Waals surface area (Å²) in [4.78, 5) is 22.9. The third-order valence-corrected chi connectivity index (χ3v) is 4.15. The molecular formula is C20H18ClFN4O. The Morgan fingerprint density at radius 2 is 1.89 bits per heavy atom. The lowest BCUT2D eigenvalue weighted by Gasteiger charge is -2.17. The second-order valence-corrected chi connectivity index (χ2v) is 6.53. The van der Waals surface area contributed by atoms with Crippen molar-refractivity contribution < 1.29 is 9.18 Å². The van der Waals surface area contributed by atoms with Crippen molar-refractivity contribution in [3.05, 3.63) is 82.4 Å². The molecule has 2 aromatic carbocycles. The zero-order valence-electron chi connectivity index (χ0n) is 14.9. The van der Waals surface area contributed by atoms with Gasteiger partial charge in [-0.25, -0.2) is 14.4 Å². The predicted molar refractivity (Wildman–Crippen MR) is 104 cm³/mol. The molecule has 0 aliphatic rings. The quantitative estimate of drug-likeness (QED) is 0.698. The molecule has 0 spiro atoms. The molecular weight excluding hydrogens is 367 g/mol. The molecule has 1 N–H and O–H groups in total. The first kappa shape index (κ1) is 18.8. The number of amides is 1. The second-order valence-electron chi connectivity index (χ2n) is 6.12. The van der Waals surface area contributed by atoms with Crippen molar-refractivity contribution in [1.29, 1.82) is 0 Å². The van der Waals surface area contributed by atoms with Crippen LogP contribution < -0.4 is 5.32 Å². The highest BCUT2D eigenvalue weighted by Gasteiger charge is 2.16. The van der Waals surface area contributed by atoms with E-state index in [1.54, 1.807) is 24.9 Å². The number of carbonyl (C=O) groups is 1. The second kappa shape index (κ2) is 8.14. The molecule has 3 aromatic rings. The fraction of sp³-hybridized carbons (Fsp3) is 0.150. The normalized spacial score (nSPS) is 10.5. The number of carbonyl (C=O) groups excluding carboxylic acids is 1. The molecule has 5 nitrogen and oxygen atoms in total. The van der Waals surface area contributed by atoms with E-state index in [1.807, 2.05) is 30.3 Å². The maximum Gasteiger partial charge on any atom is 0.272 e. The van der Waals surface area contributed by atoms with Gasteiger partial charge in [-0.15, -0.1) is 0 Å². The molecule has 3 rings (SSSR count). The zero-order chi connectivity index (χ0) is 19.4. The number of aryl methyl sites for hydroxylation is 1. The minimum absolute atomic E-state index is 0.00783. The van der Waals surface area contributed by atoms with E-state index in [1.165, 1.54) is 18.2 Å². The number of rotatable bonds is 5. The van der Waals surface area contributed by atoms with Gasteiger partial charge >= 0.3 is 0 Å². The van der Waals surface area contributed by atoms with Crippen LogP contribution in [-0.4, -0.2) is 27.8 Å². The van der Waals surface area contributed by atoms with E-state index >= 15 is 0 Å². The lowest BCUT2D eigenvalue weighted by atomic mass is 10.2. The van der Waals surface area contributed by atoms with Crippen LogP contribution in [0.1, 0.15) is 21.7 Å². The summed E-state index contributed by atoms with van der Waals surface area (Å²) in [6.45, 7) is 2.25. The van der Waals surface area contributed by atoms with E-state index < -0.39 is 5.82 Å². The van der Waals surface area contributed by atoms with Crippen LogP contribution in [0.4, 0.5) is 16.0 Å². The molecule has 0 saturated heterocycles. The molecule has 1 heterocycles. The Hall–Kier alpha value is -2.99. The Balaban J connectivity index is 1.79. The van der Waals surface area contributed by atoms with Crippen LogP contribution in [0, 0.1) is 12.7 Å². The number of benzene rings is 2. The number of nitrogens with zero attached hydrogens (tertiary/aromatic N) is 3. The molecule has 138 valence electrons. The minimum atomic E-state index is -0.509. The van der Waals surface area contributed by atoms with Crippen molar-refractivity contribution in [1.82, 2.24) is 14.9 Å². The summed E-state index contributed by atoms with van der Waals surface area (Å²) in [6.07, 6.45) is 0. The number of hydrogen-bond donors (Lipinski definition) is 1. The summed E-state index contributed by atoms with van der Waals surface area (Å²) in [6, 6.07) is 15.5. The summed E-state index contributed by atoms with van der Waals surface area (Å²) in [5.41, 5.74) is 2.47. The molecule has 1 aromatic heterocycles. The highest BCUT2D eigenvalue weighted by atomic mass is 35.5. The van der Waals surface area contributed by atoms with Gasteiger partial charge in [-0.2, -0.15) is 0 Å². The van der Waals surface area contributed by atoms with Crippen molar-refractivity contribution >= 4 is 29.1 Å². The molecule has 0 fully saturated rings. The molecule has 0 saturated carbocycles. The third-order valence-electron chi connectivity index (χ3n) is 3.86. The summed E-state index contributed by atoms with van der Waals surface area (Å²) in [5, 5.41) is 2.94. The smallest absolute Gasteiger partial charge is 0.272 e. The van der Waals surface area contributed by atoms with Crippen LogP contribution in [0.25, 0.3) is 0 Å². The zero-order valence-corrected chi connectivity index (χ0v) is 15.7. The molecule has 0 atom stereocenters. The van der Waals surface area contributed by atoms with E-state index in [0.29, 0.717) is 17.9 Å².